The van der Waals surface area contributed by atoms with Gasteiger partial charge in [0, 0.05) is 11.4 Å². The topological polar surface area (TPSA) is 55.4 Å². The van der Waals surface area contributed by atoms with Gasteiger partial charge in [-0.05, 0) is 68.7 Å². The molecule has 0 spiro atoms. The van der Waals surface area contributed by atoms with Gasteiger partial charge in [0.1, 0.15) is 0 Å². The summed E-state index contributed by atoms with van der Waals surface area (Å²) in [5.74, 6) is 0.756. The fourth-order valence-electron chi connectivity index (χ4n) is 2.30. The Morgan fingerprint density at radius 3 is 2.35 bits per heavy atom. The maximum absolute atomic E-state index is 12.1. The van der Waals surface area contributed by atoms with Crippen molar-refractivity contribution in [2.75, 3.05) is 11.1 Å². The summed E-state index contributed by atoms with van der Waals surface area (Å²) < 4.78 is 5.16. The number of nitrogens with one attached hydrogen (secondary N) is 1. The number of hydrogen-bond donors (Lipinski definition) is 1. The van der Waals surface area contributed by atoms with Gasteiger partial charge in [0.15, 0.2) is 0 Å². The van der Waals surface area contributed by atoms with Gasteiger partial charge in [-0.3, -0.25) is 4.79 Å². The highest BCUT2D eigenvalue weighted by Crippen LogP contribution is 2.17. The largest absolute Gasteiger partial charge is 0.459 e. The lowest BCUT2D eigenvalue weighted by molar-refractivity contribution is -0.113. The van der Waals surface area contributed by atoms with Crippen molar-refractivity contribution in [1.29, 1.82) is 0 Å². The normalized spacial score (nSPS) is 10.7. The van der Waals surface area contributed by atoms with E-state index in [1.807, 2.05) is 58.0 Å². The SMILES string of the molecule is Cc1ccc(NC(=O)CSCc2ccc(C(=O)OC(C)C)cc2)cc1C. The zero-order valence-electron chi connectivity index (χ0n) is 15.7. The Morgan fingerprint density at radius 1 is 1.04 bits per heavy atom. The Hall–Kier alpha value is -2.27. The Balaban J connectivity index is 1.79. The van der Waals surface area contributed by atoms with Crippen molar-refractivity contribution >= 4 is 29.3 Å². The Kier molecular flexibility index (Phi) is 7.27. The van der Waals surface area contributed by atoms with Crippen molar-refractivity contribution in [3.8, 4) is 0 Å². The van der Waals surface area contributed by atoms with Crippen LogP contribution in [0, 0.1) is 13.8 Å². The monoisotopic (exact) mass is 371 g/mol. The van der Waals surface area contributed by atoms with Gasteiger partial charge in [0.2, 0.25) is 5.91 Å². The smallest absolute Gasteiger partial charge is 0.338 e. The van der Waals surface area contributed by atoms with Crippen LogP contribution in [0.3, 0.4) is 0 Å². The lowest BCUT2D eigenvalue weighted by Gasteiger charge is -2.09. The molecule has 2 aromatic rings. The number of carbonyl (C=O) groups excluding carboxylic acids is 2. The molecule has 0 aromatic heterocycles. The van der Waals surface area contributed by atoms with Crippen molar-refractivity contribution < 1.29 is 14.3 Å². The fourth-order valence-corrected chi connectivity index (χ4v) is 3.08. The summed E-state index contributed by atoms with van der Waals surface area (Å²) in [7, 11) is 0. The highest BCUT2D eigenvalue weighted by Gasteiger charge is 2.09. The average molecular weight is 372 g/mol. The van der Waals surface area contributed by atoms with E-state index in [4.69, 9.17) is 4.74 Å². The number of aryl methyl sites for hydroxylation is 2. The summed E-state index contributed by atoms with van der Waals surface area (Å²) in [6.45, 7) is 7.72. The molecule has 0 saturated carbocycles. The maximum Gasteiger partial charge on any atom is 0.338 e. The number of thioether (sulfide) groups is 1. The van der Waals surface area contributed by atoms with Crippen LogP contribution in [0.2, 0.25) is 0 Å². The summed E-state index contributed by atoms with van der Waals surface area (Å²) in [5.41, 5.74) is 4.80. The van der Waals surface area contributed by atoms with Crippen molar-refractivity contribution in [3.05, 3.63) is 64.7 Å². The van der Waals surface area contributed by atoms with Crippen LogP contribution in [0.15, 0.2) is 42.5 Å². The Labute approximate surface area is 159 Å². The van der Waals surface area contributed by atoms with Crippen LogP contribution in [0.4, 0.5) is 5.69 Å². The number of hydrogen-bond acceptors (Lipinski definition) is 4. The van der Waals surface area contributed by atoms with Crippen molar-refractivity contribution in [1.82, 2.24) is 0 Å². The second-order valence-electron chi connectivity index (χ2n) is 6.49. The highest BCUT2D eigenvalue weighted by molar-refractivity contribution is 7.99. The molecule has 0 saturated heterocycles. The van der Waals surface area contributed by atoms with Crippen LogP contribution in [0.5, 0.6) is 0 Å². The van der Waals surface area contributed by atoms with Gasteiger partial charge in [-0.1, -0.05) is 18.2 Å². The molecule has 1 amide bonds. The van der Waals surface area contributed by atoms with E-state index in [0.717, 1.165) is 16.8 Å². The molecule has 2 rings (SSSR count). The number of carbonyl (C=O) groups is 2. The standard InChI is InChI=1S/C21H25NO3S/c1-14(2)25-21(24)18-8-6-17(7-9-18)12-26-13-20(23)22-19-10-5-15(3)16(4)11-19/h5-11,14H,12-13H2,1-4H3,(H,22,23). The van der Waals surface area contributed by atoms with Gasteiger partial charge in [0.25, 0.3) is 0 Å². The van der Waals surface area contributed by atoms with Gasteiger partial charge >= 0.3 is 5.97 Å². The lowest BCUT2D eigenvalue weighted by Crippen LogP contribution is -2.14. The fraction of sp³-hybridized carbons (Fsp3) is 0.333. The van der Waals surface area contributed by atoms with Crippen LogP contribution in [0.1, 0.15) is 40.9 Å². The summed E-state index contributed by atoms with van der Waals surface area (Å²) in [5, 5.41) is 2.92. The zero-order chi connectivity index (χ0) is 19.1. The number of rotatable bonds is 7. The molecule has 0 radical (unpaired) electrons. The lowest BCUT2D eigenvalue weighted by atomic mass is 10.1. The molecule has 1 N–H and O–H groups in total. The third kappa shape index (κ3) is 6.23. The third-order valence-corrected chi connectivity index (χ3v) is 4.83. The first-order valence-electron chi connectivity index (χ1n) is 8.60. The van der Waals surface area contributed by atoms with Crippen LogP contribution in [-0.4, -0.2) is 23.7 Å². The predicted molar refractivity (Wildman–Crippen MR) is 108 cm³/mol. The number of benzene rings is 2. The number of esters is 1. The van der Waals surface area contributed by atoms with E-state index < -0.39 is 0 Å². The molecule has 5 heteroatoms. The van der Waals surface area contributed by atoms with Gasteiger partial charge in [-0.25, -0.2) is 4.79 Å². The van der Waals surface area contributed by atoms with Crippen LogP contribution < -0.4 is 5.32 Å². The highest BCUT2D eigenvalue weighted by atomic mass is 32.2. The number of anilines is 1. The predicted octanol–water partition coefficient (Wildman–Crippen LogP) is 4.74. The minimum absolute atomic E-state index is 0.0182. The molecule has 4 nitrogen and oxygen atoms in total. The quantitative estimate of drug-likeness (QED) is 0.714. The molecular weight excluding hydrogens is 346 g/mol. The van der Waals surface area contributed by atoms with E-state index in [0.29, 0.717) is 17.1 Å². The second kappa shape index (κ2) is 9.43. The van der Waals surface area contributed by atoms with E-state index >= 15 is 0 Å². The molecule has 26 heavy (non-hydrogen) atoms. The van der Waals surface area contributed by atoms with E-state index in [-0.39, 0.29) is 18.0 Å². The molecule has 0 aliphatic heterocycles. The van der Waals surface area contributed by atoms with E-state index in [9.17, 15) is 9.59 Å². The van der Waals surface area contributed by atoms with Gasteiger partial charge in [-0.2, -0.15) is 0 Å². The Bertz CT molecular complexity index is 769. The van der Waals surface area contributed by atoms with Crippen molar-refractivity contribution in [2.45, 2.75) is 39.6 Å². The molecule has 138 valence electrons. The van der Waals surface area contributed by atoms with E-state index in [1.165, 1.54) is 17.3 Å². The van der Waals surface area contributed by atoms with Gasteiger partial charge in [-0.15, -0.1) is 11.8 Å². The molecule has 0 heterocycles. The van der Waals surface area contributed by atoms with Gasteiger partial charge in [0.05, 0.1) is 17.4 Å². The molecule has 0 aliphatic carbocycles. The molecule has 0 unspecified atom stereocenters. The Morgan fingerprint density at radius 2 is 1.73 bits per heavy atom. The number of amides is 1. The summed E-state index contributed by atoms with van der Waals surface area (Å²) >= 11 is 1.54. The molecule has 0 bridgehead atoms. The minimum Gasteiger partial charge on any atom is -0.459 e. The molecule has 0 atom stereocenters. The van der Waals surface area contributed by atoms with Crippen LogP contribution >= 0.6 is 11.8 Å². The van der Waals surface area contributed by atoms with Crippen molar-refractivity contribution in [2.24, 2.45) is 0 Å². The van der Waals surface area contributed by atoms with E-state index in [1.54, 1.807) is 12.1 Å². The maximum atomic E-state index is 12.1. The molecule has 0 aliphatic rings. The minimum atomic E-state index is -0.313. The van der Waals surface area contributed by atoms with Crippen molar-refractivity contribution in [3.63, 3.8) is 0 Å². The molecule has 0 fully saturated rings. The van der Waals surface area contributed by atoms with Crippen LogP contribution in [0.25, 0.3) is 0 Å². The zero-order valence-corrected chi connectivity index (χ0v) is 16.5. The first-order chi connectivity index (χ1) is 12.3. The third-order valence-electron chi connectivity index (χ3n) is 3.82. The van der Waals surface area contributed by atoms with Crippen LogP contribution in [-0.2, 0) is 15.3 Å². The summed E-state index contributed by atoms with van der Waals surface area (Å²) in [6, 6.07) is 13.2. The summed E-state index contributed by atoms with van der Waals surface area (Å²) in [4.78, 5) is 23.9. The molecular formula is C21H25NO3S. The van der Waals surface area contributed by atoms with Gasteiger partial charge < -0.3 is 10.1 Å². The first-order valence-corrected chi connectivity index (χ1v) is 9.75. The number of ether oxygens (including phenoxy) is 1. The second-order valence-corrected chi connectivity index (χ2v) is 7.48. The van der Waals surface area contributed by atoms with E-state index in [2.05, 4.69) is 5.32 Å². The molecule has 2 aromatic carbocycles. The summed E-state index contributed by atoms with van der Waals surface area (Å²) in [6.07, 6.45) is -0.131. The average Bonchev–Trinajstić information content (AvgIpc) is 2.58. The first kappa shape index (κ1) is 20.0.